The molecule has 3 heteroatoms. The molecule has 0 spiro atoms. The summed E-state index contributed by atoms with van der Waals surface area (Å²) in [6.45, 7) is 4.48. The van der Waals surface area contributed by atoms with Crippen molar-refractivity contribution in [3.63, 3.8) is 0 Å². The SMILES string of the molecule is [2H]B(C)B(B)C. The number of hydrogen-bond donors (Lipinski definition) is 0. The van der Waals surface area contributed by atoms with E-state index >= 15 is 0 Å². The lowest BCUT2D eigenvalue weighted by Gasteiger charge is -1.81. The minimum absolute atomic E-state index is 0.102. The molecule has 5 heavy (non-hydrogen) atoms. The predicted molar refractivity (Wildman–Crippen MR) is 33.2 cm³/mol. The second-order valence-electron chi connectivity index (χ2n) is 1.58. The van der Waals surface area contributed by atoms with Crippen molar-refractivity contribution in [2.75, 3.05) is 0 Å². The van der Waals surface area contributed by atoms with Crippen LogP contribution < -0.4 is 0 Å². The fourth-order valence-corrected chi connectivity index (χ4v) is 0. The molecule has 0 saturated heterocycles. The summed E-state index contributed by atoms with van der Waals surface area (Å²) < 4.78 is 7.03. The van der Waals surface area contributed by atoms with E-state index in [2.05, 4.69) is 14.6 Å². The van der Waals surface area contributed by atoms with Crippen molar-refractivity contribution >= 4 is 21.4 Å². The predicted octanol–water partition coefficient (Wildman–Crippen LogP) is -0.778. The van der Waals surface area contributed by atoms with Crippen molar-refractivity contribution < 1.29 is 0 Å². The first-order chi connectivity index (χ1) is 2.64. The van der Waals surface area contributed by atoms with Gasteiger partial charge in [0, 0.05) is 0 Å². The van der Waals surface area contributed by atoms with Gasteiger partial charge in [-0.05, 0) is 1.34 Å². The Morgan fingerprint density at radius 1 is 2.20 bits per heavy atom. The zero-order valence-electron chi connectivity index (χ0n) is 5.15. The third kappa shape index (κ3) is 4.19. The summed E-state index contributed by atoms with van der Waals surface area (Å²) in [6, 6.07) is 0. The molecule has 0 aliphatic heterocycles. The monoisotopic (exact) mass is 67.1 g/mol. The standard InChI is InChI=1S/C2H9B3/c1-4-5(2)3/h4H,3H2,1-2H3/i4D. The summed E-state index contributed by atoms with van der Waals surface area (Å²) >= 11 is 0. The average molecular weight is 66.5 g/mol. The lowest BCUT2D eigenvalue weighted by Crippen LogP contribution is -2.13. The normalized spacial score (nSPS) is 9.60. The molecule has 0 aliphatic rings. The smallest absolute Gasteiger partial charge is 0.0781 e. The van der Waals surface area contributed by atoms with Gasteiger partial charge in [0.1, 0.15) is 0 Å². The van der Waals surface area contributed by atoms with Gasteiger partial charge >= 0.3 is 0 Å². The molecule has 0 unspecified atom stereocenters. The Kier molecular flexibility index (Phi) is 1.65. The molecule has 0 heterocycles. The highest BCUT2D eigenvalue weighted by Gasteiger charge is 1.89. The summed E-state index contributed by atoms with van der Waals surface area (Å²) in [5.74, 6) is 0. The van der Waals surface area contributed by atoms with Crippen LogP contribution in [0, 0.1) is 0 Å². The molecule has 0 rings (SSSR count). The van der Waals surface area contributed by atoms with Gasteiger partial charge in [-0.15, -0.1) is 0 Å². The Bertz CT molecular complexity index is 29.8. The van der Waals surface area contributed by atoms with Gasteiger partial charge in [-0.25, -0.2) is 0 Å². The van der Waals surface area contributed by atoms with Gasteiger partial charge in [-0.3, -0.25) is 0 Å². The summed E-state index contributed by atoms with van der Waals surface area (Å²) in [4.78, 5) is 0. The van der Waals surface area contributed by atoms with Crippen LogP contribution in [0.1, 0.15) is 0 Å². The third-order valence-corrected chi connectivity index (χ3v) is 0.667. The van der Waals surface area contributed by atoms with E-state index in [1.165, 1.54) is 0 Å². The van der Waals surface area contributed by atoms with Gasteiger partial charge in [0.05, 0.1) is 21.4 Å². The molecule has 0 radical (unpaired) electrons. The first-order valence-corrected chi connectivity index (χ1v) is 2.07. The van der Waals surface area contributed by atoms with Gasteiger partial charge in [0.2, 0.25) is 0 Å². The van der Waals surface area contributed by atoms with Crippen molar-refractivity contribution in [1.82, 2.24) is 0 Å². The molecule has 0 amide bonds. The molecule has 0 aliphatic carbocycles. The van der Waals surface area contributed by atoms with Gasteiger partial charge in [0.25, 0.3) is 0 Å². The van der Waals surface area contributed by atoms with E-state index in [4.69, 9.17) is 1.34 Å². The number of rotatable bonds is 1. The van der Waals surface area contributed by atoms with Gasteiger partial charge in [-0.1, -0.05) is 13.6 Å². The van der Waals surface area contributed by atoms with Crippen LogP contribution in [0.5, 0.6) is 0 Å². The molecule has 0 nitrogen and oxygen atoms in total. The van der Waals surface area contributed by atoms with E-state index in [-0.39, 0.29) is 7.13 Å². The summed E-state index contributed by atoms with van der Waals surface area (Å²) in [6.07, 6.45) is 0. The first-order valence-electron chi connectivity index (χ1n) is 2.64. The molecule has 0 aromatic rings. The van der Waals surface area contributed by atoms with Crippen LogP contribution in [0.2, 0.25) is 13.6 Å². The highest BCUT2D eigenvalue weighted by Crippen LogP contribution is 1.62. The van der Waals surface area contributed by atoms with Crippen LogP contribution in [0.3, 0.4) is 0 Å². The molecular weight excluding hydrogens is 56.5 g/mol. The highest BCUT2D eigenvalue weighted by atomic mass is 13.0. The quantitative estimate of drug-likeness (QED) is 0.353. The van der Waals surface area contributed by atoms with Crippen LogP contribution in [0.15, 0.2) is 0 Å². The van der Waals surface area contributed by atoms with E-state index in [1.807, 2.05) is 6.82 Å². The maximum absolute atomic E-state index is 7.03. The topological polar surface area (TPSA) is 0 Å². The Hall–Kier alpha value is 0.195. The van der Waals surface area contributed by atoms with Crippen molar-refractivity contribution in [2.45, 2.75) is 13.6 Å². The van der Waals surface area contributed by atoms with Gasteiger partial charge in [0.15, 0.2) is 0 Å². The first kappa shape index (κ1) is 3.39. The maximum atomic E-state index is 7.03. The fourth-order valence-electron chi connectivity index (χ4n) is 0. The molecular formula is C2H9B3. The molecule has 0 aromatic heterocycles. The fraction of sp³-hybridized carbons (Fsp3) is 1.00. The van der Waals surface area contributed by atoms with Crippen molar-refractivity contribution in [2.24, 2.45) is 0 Å². The largest absolute Gasteiger partial charge is 0.0996 e. The average Bonchev–Trinajstić information content (AvgIpc) is 1.36. The van der Waals surface area contributed by atoms with Crippen molar-refractivity contribution in [3.8, 4) is 0 Å². The van der Waals surface area contributed by atoms with Gasteiger partial charge < -0.3 is 0 Å². The molecule has 0 fully saturated rings. The Balaban J connectivity index is 2.99. The second-order valence-corrected chi connectivity index (χ2v) is 1.58. The van der Waals surface area contributed by atoms with E-state index in [0.29, 0.717) is 6.49 Å². The molecule has 0 bridgehead atoms. The molecule has 0 aromatic carbocycles. The Morgan fingerprint density at radius 2 is 2.40 bits per heavy atom. The van der Waals surface area contributed by atoms with Crippen LogP contribution in [-0.2, 0) is 0 Å². The summed E-state index contributed by atoms with van der Waals surface area (Å²) in [5.41, 5.74) is 0. The number of hydrogen-bond acceptors (Lipinski definition) is 0. The van der Waals surface area contributed by atoms with E-state index in [1.54, 1.807) is 0 Å². The van der Waals surface area contributed by atoms with Crippen LogP contribution in [0.4, 0.5) is 0 Å². The zero-order valence-corrected chi connectivity index (χ0v) is 4.15. The maximum Gasteiger partial charge on any atom is 0.0781 e. The molecule has 26 valence electrons. The van der Waals surface area contributed by atoms with Crippen LogP contribution in [-0.4, -0.2) is 22.7 Å². The summed E-state index contributed by atoms with van der Waals surface area (Å²) in [7, 11) is 2.16. The minimum Gasteiger partial charge on any atom is -0.0996 e. The lowest BCUT2D eigenvalue weighted by atomic mass is 9.13. The second kappa shape index (κ2) is 2.43. The highest BCUT2D eigenvalue weighted by molar-refractivity contribution is 7.34. The Morgan fingerprint density at radius 3 is 2.40 bits per heavy atom. The third-order valence-electron chi connectivity index (χ3n) is 0.667. The molecule has 0 atom stereocenters. The van der Waals surface area contributed by atoms with E-state index < -0.39 is 0 Å². The van der Waals surface area contributed by atoms with Crippen LogP contribution >= 0.6 is 0 Å². The van der Waals surface area contributed by atoms with E-state index in [0.717, 1.165) is 0 Å². The summed E-state index contributed by atoms with van der Waals surface area (Å²) in [5, 5.41) is 0. The van der Waals surface area contributed by atoms with E-state index in [9.17, 15) is 0 Å². The Labute approximate surface area is 37.4 Å². The van der Waals surface area contributed by atoms with Gasteiger partial charge in [-0.2, -0.15) is 0 Å². The van der Waals surface area contributed by atoms with Crippen molar-refractivity contribution in [3.05, 3.63) is 0 Å². The van der Waals surface area contributed by atoms with Crippen molar-refractivity contribution in [1.29, 1.82) is 1.34 Å². The minimum atomic E-state index is 0.102. The molecule has 0 N–H and O–H groups in total. The van der Waals surface area contributed by atoms with Crippen LogP contribution in [0.25, 0.3) is 0 Å². The zero-order chi connectivity index (χ0) is 5.15. The molecule has 0 saturated carbocycles. The lowest BCUT2D eigenvalue weighted by molar-refractivity contribution is 2.26.